The number of carbonyl (C=O) groups is 2. The van der Waals surface area contributed by atoms with Crippen molar-refractivity contribution >= 4 is 23.6 Å². The van der Waals surface area contributed by atoms with Gasteiger partial charge in [-0.3, -0.25) is 4.79 Å². The number of benzene rings is 1. The van der Waals surface area contributed by atoms with Gasteiger partial charge in [0.15, 0.2) is 11.5 Å². The van der Waals surface area contributed by atoms with E-state index in [1.165, 1.54) is 14.2 Å². The lowest BCUT2D eigenvalue weighted by molar-refractivity contribution is 0.0658. The average molecular weight is 369 g/mol. The van der Waals surface area contributed by atoms with E-state index in [1.54, 1.807) is 21.9 Å². The highest BCUT2D eigenvalue weighted by molar-refractivity contribution is 6.35. The molecule has 1 aromatic carbocycles. The number of rotatable bonds is 4. The zero-order valence-corrected chi connectivity index (χ0v) is 15.0. The van der Waals surface area contributed by atoms with Gasteiger partial charge in [-0.15, -0.1) is 0 Å². The lowest BCUT2D eigenvalue weighted by Gasteiger charge is -2.35. The third-order valence-corrected chi connectivity index (χ3v) is 5.08. The van der Waals surface area contributed by atoms with Crippen molar-refractivity contribution < 1.29 is 23.8 Å². The van der Waals surface area contributed by atoms with E-state index in [-0.39, 0.29) is 23.1 Å². The van der Waals surface area contributed by atoms with Crippen molar-refractivity contribution in [2.75, 3.05) is 40.5 Å². The van der Waals surface area contributed by atoms with E-state index in [9.17, 15) is 9.59 Å². The summed E-state index contributed by atoms with van der Waals surface area (Å²) in [6.45, 7) is 2.20. The van der Waals surface area contributed by atoms with Crippen LogP contribution in [0.5, 0.6) is 11.5 Å². The molecule has 2 heterocycles. The number of nitrogens with zero attached hydrogens (tertiary/aromatic N) is 2. The summed E-state index contributed by atoms with van der Waals surface area (Å²) in [5, 5.41) is 0.247. The molecule has 8 heteroatoms. The van der Waals surface area contributed by atoms with Crippen molar-refractivity contribution in [3.63, 3.8) is 0 Å². The highest BCUT2D eigenvalue weighted by atomic mass is 35.5. The Kier molecular flexibility index (Phi) is 5.22. The second-order valence-electron chi connectivity index (χ2n) is 5.99. The Bertz CT molecular complexity index is 673. The fraction of sp³-hybridized carbons (Fsp3) is 0.529. The SMILES string of the molecule is COc1ccc(C(=O)N2CCC(N3CCOC3=O)CC2)c(Cl)c1OC. The Hall–Kier alpha value is -2.15. The summed E-state index contributed by atoms with van der Waals surface area (Å²) in [5.74, 6) is 0.688. The van der Waals surface area contributed by atoms with Crippen LogP contribution in [0.4, 0.5) is 4.79 Å². The summed E-state index contributed by atoms with van der Waals surface area (Å²) >= 11 is 6.34. The van der Waals surface area contributed by atoms with Gasteiger partial charge in [-0.05, 0) is 25.0 Å². The summed E-state index contributed by atoms with van der Waals surface area (Å²) in [4.78, 5) is 28.0. The smallest absolute Gasteiger partial charge is 0.410 e. The largest absolute Gasteiger partial charge is 0.493 e. The average Bonchev–Trinajstić information content (AvgIpc) is 3.07. The normalized spacial score (nSPS) is 18.3. The molecule has 0 saturated carbocycles. The van der Waals surface area contributed by atoms with Gasteiger partial charge in [0.25, 0.3) is 5.91 Å². The summed E-state index contributed by atoms with van der Waals surface area (Å²) in [6.07, 6.45) is 1.20. The Morgan fingerprint density at radius 2 is 1.92 bits per heavy atom. The first kappa shape index (κ1) is 17.7. The minimum Gasteiger partial charge on any atom is -0.493 e. The van der Waals surface area contributed by atoms with E-state index in [1.807, 2.05) is 0 Å². The van der Waals surface area contributed by atoms with Gasteiger partial charge in [0.2, 0.25) is 0 Å². The minimum atomic E-state index is -0.257. The fourth-order valence-corrected chi connectivity index (χ4v) is 3.66. The molecule has 0 aromatic heterocycles. The van der Waals surface area contributed by atoms with Crippen molar-refractivity contribution in [2.45, 2.75) is 18.9 Å². The van der Waals surface area contributed by atoms with Gasteiger partial charge in [-0.2, -0.15) is 0 Å². The number of carbonyl (C=O) groups excluding carboxylic acids is 2. The van der Waals surface area contributed by atoms with E-state index in [0.29, 0.717) is 43.3 Å². The highest BCUT2D eigenvalue weighted by Gasteiger charge is 2.34. The van der Waals surface area contributed by atoms with Crippen LogP contribution >= 0.6 is 11.6 Å². The predicted molar refractivity (Wildman–Crippen MR) is 91.5 cm³/mol. The van der Waals surface area contributed by atoms with E-state index >= 15 is 0 Å². The number of cyclic esters (lactones) is 1. The number of likely N-dealkylation sites (tertiary alicyclic amines) is 1. The number of hydrogen-bond donors (Lipinski definition) is 0. The summed E-state index contributed by atoms with van der Waals surface area (Å²) in [7, 11) is 3.00. The van der Waals surface area contributed by atoms with E-state index < -0.39 is 0 Å². The maximum atomic E-state index is 12.8. The van der Waals surface area contributed by atoms with Crippen molar-refractivity contribution in [3.05, 3.63) is 22.7 Å². The molecule has 0 unspecified atom stereocenters. The van der Waals surface area contributed by atoms with Crippen LogP contribution in [0.1, 0.15) is 23.2 Å². The molecule has 0 bridgehead atoms. The number of hydrogen-bond acceptors (Lipinski definition) is 5. The molecule has 2 amide bonds. The molecule has 0 N–H and O–H groups in total. The summed E-state index contributed by atoms with van der Waals surface area (Å²) in [6, 6.07) is 3.45. The first-order chi connectivity index (χ1) is 12.1. The number of ether oxygens (including phenoxy) is 3. The lowest BCUT2D eigenvalue weighted by atomic mass is 10.0. The summed E-state index contributed by atoms with van der Waals surface area (Å²) in [5.41, 5.74) is 0.387. The van der Waals surface area contributed by atoms with Crippen LogP contribution in [0, 0.1) is 0 Å². The molecule has 2 aliphatic heterocycles. The molecule has 0 spiro atoms. The van der Waals surface area contributed by atoms with Gasteiger partial charge in [0.1, 0.15) is 6.61 Å². The third-order valence-electron chi connectivity index (χ3n) is 4.70. The van der Waals surface area contributed by atoms with Crippen LogP contribution in [-0.2, 0) is 4.74 Å². The zero-order chi connectivity index (χ0) is 18.0. The van der Waals surface area contributed by atoms with Gasteiger partial charge in [-0.1, -0.05) is 11.6 Å². The molecule has 2 aliphatic rings. The lowest BCUT2D eigenvalue weighted by Crippen LogP contribution is -2.47. The van der Waals surface area contributed by atoms with Gasteiger partial charge in [0.05, 0.1) is 31.4 Å². The van der Waals surface area contributed by atoms with E-state index in [4.69, 9.17) is 25.8 Å². The van der Waals surface area contributed by atoms with Crippen molar-refractivity contribution in [3.8, 4) is 11.5 Å². The Balaban J connectivity index is 1.70. The molecule has 25 heavy (non-hydrogen) atoms. The molecule has 2 saturated heterocycles. The number of piperidine rings is 1. The molecule has 136 valence electrons. The van der Waals surface area contributed by atoms with Crippen LogP contribution in [0.15, 0.2) is 12.1 Å². The topological polar surface area (TPSA) is 68.3 Å². The molecule has 0 atom stereocenters. The molecular weight excluding hydrogens is 348 g/mol. The van der Waals surface area contributed by atoms with Crippen LogP contribution in [0.3, 0.4) is 0 Å². The quantitative estimate of drug-likeness (QED) is 0.816. The molecule has 0 radical (unpaired) electrons. The zero-order valence-electron chi connectivity index (χ0n) is 14.3. The maximum absolute atomic E-state index is 12.8. The Morgan fingerprint density at radius 3 is 2.48 bits per heavy atom. The number of methoxy groups -OCH3 is 2. The third kappa shape index (κ3) is 3.33. The van der Waals surface area contributed by atoms with Crippen LogP contribution in [0.25, 0.3) is 0 Å². The second-order valence-corrected chi connectivity index (χ2v) is 6.37. The first-order valence-electron chi connectivity index (χ1n) is 8.20. The van der Waals surface area contributed by atoms with Gasteiger partial charge < -0.3 is 24.0 Å². The number of halogens is 1. The monoisotopic (exact) mass is 368 g/mol. The highest BCUT2D eigenvalue weighted by Crippen LogP contribution is 2.38. The molecule has 7 nitrogen and oxygen atoms in total. The van der Waals surface area contributed by atoms with E-state index in [2.05, 4.69) is 0 Å². The predicted octanol–water partition coefficient (Wildman–Crippen LogP) is 2.41. The van der Waals surface area contributed by atoms with Gasteiger partial charge in [0, 0.05) is 19.1 Å². The minimum absolute atomic E-state index is 0.125. The number of amides is 2. The molecular formula is C17H21ClN2O5. The standard InChI is InChI=1S/C17H21ClN2O5/c1-23-13-4-3-12(14(18)15(13)24-2)16(21)19-7-5-11(6-8-19)20-9-10-25-17(20)22/h3-4,11H,5-10H2,1-2H3. The van der Waals surface area contributed by atoms with Crippen LogP contribution < -0.4 is 9.47 Å². The van der Waals surface area contributed by atoms with Crippen LogP contribution in [0.2, 0.25) is 5.02 Å². The molecule has 2 fully saturated rings. The van der Waals surface area contributed by atoms with Crippen LogP contribution in [-0.4, -0.2) is 68.3 Å². The first-order valence-corrected chi connectivity index (χ1v) is 8.57. The molecule has 3 rings (SSSR count). The van der Waals surface area contributed by atoms with Gasteiger partial charge in [-0.25, -0.2) is 4.79 Å². The Morgan fingerprint density at radius 1 is 1.20 bits per heavy atom. The molecule has 0 aliphatic carbocycles. The fourth-order valence-electron chi connectivity index (χ4n) is 3.34. The van der Waals surface area contributed by atoms with Crippen molar-refractivity contribution in [1.82, 2.24) is 9.80 Å². The summed E-state index contributed by atoms with van der Waals surface area (Å²) < 4.78 is 15.4. The van der Waals surface area contributed by atoms with Crippen molar-refractivity contribution in [2.24, 2.45) is 0 Å². The second kappa shape index (κ2) is 7.39. The Labute approximate surface area is 151 Å². The maximum Gasteiger partial charge on any atom is 0.410 e. The van der Waals surface area contributed by atoms with E-state index in [0.717, 1.165) is 12.8 Å². The van der Waals surface area contributed by atoms with Crippen molar-refractivity contribution in [1.29, 1.82) is 0 Å². The van der Waals surface area contributed by atoms with Gasteiger partial charge >= 0.3 is 6.09 Å². The molecule has 1 aromatic rings.